The van der Waals surface area contributed by atoms with Crippen LogP contribution in [0.25, 0.3) is 11.3 Å². The molecule has 0 saturated heterocycles. The van der Waals surface area contributed by atoms with Gasteiger partial charge in [0.05, 0.1) is 17.3 Å². The molecule has 0 saturated carbocycles. The number of nitrogens with two attached hydrogens (primary N) is 2. The van der Waals surface area contributed by atoms with Gasteiger partial charge < -0.3 is 11.5 Å². The Morgan fingerprint density at radius 2 is 2.24 bits per heavy atom. The Bertz CT molecular complexity index is 604. The molecule has 0 aliphatic rings. The Kier molecular flexibility index (Phi) is 3.03. The van der Waals surface area contributed by atoms with E-state index in [0.717, 1.165) is 11.3 Å². The lowest BCUT2D eigenvalue weighted by atomic mass is 10.1. The smallest absolute Gasteiger partial charge is 0.212 e. The van der Waals surface area contributed by atoms with Gasteiger partial charge in [0.25, 0.3) is 0 Å². The number of aliphatic imine (C=N–C) groups is 1. The molecule has 1 aromatic heterocycles. The highest BCUT2D eigenvalue weighted by atomic mass is 32.1. The average Bonchev–Trinajstić information content (AvgIpc) is 2.77. The van der Waals surface area contributed by atoms with E-state index in [1.165, 1.54) is 11.3 Å². The first-order valence-electron chi connectivity index (χ1n) is 4.75. The standard InChI is InChI=1S/C11H9N5S/c12-5-7-2-1-3-8(4-7)9-6-17-11(15-9)16-10(13)14/h1-4,6H,(H4,13,14,15,16). The van der Waals surface area contributed by atoms with Crippen LogP contribution in [-0.2, 0) is 0 Å². The van der Waals surface area contributed by atoms with Gasteiger partial charge in [-0.2, -0.15) is 10.3 Å². The van der Waals surface area contributed by atoms with Gasteiger partial charge in [-0.15, -0.1) is 11.3 Å². The monoisotopic (exact) mass is 243 g/mol. The maximum atomic E-state index is 8.81. The molecular weight excluding hydrogens is 234 g/mol. The highest BCUT2D eigenvalue weighted by molar-refractivity contribution is 7.13. The number of hydrogen-bond donors (Lipinski definition) is 2. The van der Waals surface area contributed by atoms with Gasteiger partial charge in [0.15, 0.2) is 5.96 Å². The number of guanidine groups is 1. The van der Waals surface area contributed by atoms with Crippen LogP contribution in [0.2, 0.25) is 0 Å². The first kappa shape index (κ1) is 11.1. The van der Waals surface area contributed by atoms with Gasteiger partial charge in [0.1, 0.15) is 0 Å². The Balaban J connectivity index is 2.37. The zero-order chi connectivity index (χ0) is 12.3. The molecule has 2 rings (SSSR count). The van der Waals surface area contributed by atoms with Crippen LogP contribution < -0.4 is 11.5 Å². The van der Waals surface area contributed by atoms with Crippen molar-refractivity contribution < 1.29 is 0 Å². The van der Waals surface area contributed by atoms with E-state index in [4.69, 9.17) is 16.7 Å². The maximum absolute atomic E-state index is 8.81. The van der Waals surface area contributed by atoms with E-state index in [9.17, 15) is 0 Å². The van der Waals surface area contributed by atoms with Crippen LogP contribution in [0.15, 0.2) is 34.6 Å². The fourth-order valence-electron chi connectivity index (χ4n) is 1.31. The lowest BCUT2D eigenvalue weighted by Gasteiger charge is -1.95. The lowest BCUT2D eigenvalue weighted by molar-refractivity contribution is 1.32. The predicted molar refractivity (Wildman–Crippen MR) is 67.7 cm³/mol. The molecule has 84 valence electrons. The van der Waals surface area contributed by atoms with Crippen LogP contribution in [0.4, 0.5) is 5.13 Å². The summed E-state index contributed by atoms with van der Waals surface area (Å²) in [5.41, 5.74) is 12.8. The van der Waals surface area contributed by atoms with E-state index in [0.29, 0.717) is 10.7 Å². The molecular formula is C11H9N5S. The molecule has 4 N–H and O–H groups in total. The molecule has 0 aliphatic heterocycles. The molecule has 0 amide bonds. The molecule has 1 aromatic carbocycles. The van der Waals surface area contributed by atoms with Crippen LogP contribution in [0, 0.1) is 11.3 Å². The summed E-state index contributed by atoms with van der Waals surface area (Å²) in [7, 11) is 0. The van der Waals surface area contributed by atoms with Crippen molar-refractivity contribution in [2.75, 3.05) is 0 Å². The van der Waals surface area contributed by atoms with Crippen molar-refractivity contribution in [1.82, 2.24) is 4.98 Å². The number of rotatable bonds is 2. The summed E-state index contributed by atoms with van der Waals surface area (Å²) in [6, 6.07) is 9.30. The van der Waals surface area contributed by atoms with Crippen molar-refractivity contribution in [3.63, 3.8) is 0 Å². The Morgan fingerprint density at radius 1 is 1.41 bits per heavy atom. The first-order valence-corrected chi connectivity index (χ1v) is 5.62. The third-order valence-electron chi connectivity index (χ3n) is 2.00. The predicted octanol–water partition coefficient (Wildman–Crippen LogP) is 1.59. The van der Waals surface area contributed by atoms with Gasteiger partial charge in [-0.05, 0) is 12.1 Å². The molecule has 0 aliphatic carbocycles. The quantitative estimate of drug-likeness (QED) is 0.617. The summed E-state index contributed by atoms with van der Waals surface area (Å²) >= 11 is 1.34. The van der Waals surface area contributed by atoms with Gasteiger partial charge in [-0.3, -0.25) is 0 Å². The molecule has 17 heavy (non-hydrogen) atoms. The van der Waals surface area contributed by atoms with Gasteiger partial charge in [-0.1, -0.05) is 12.1 Å². The van der Waals surface area contributed by atoms with E-state index in [1.54, 1.807) is 12.1 Å². The van der Waals surface area contributed by atoms with Gasteiger partial charge in [0.2, 0.25) is 5.13 Å². The van der Waals surface area contributed by atoms with E-state index in [1.807, 2.05) is 17.5 Å². The SMILES string of the molecule is N#Cc1cccc(-c2csc(N=C(N)N)n2)c1. The molecule has 1 heterocycles. The molecule has 0 atom stereocenters. The topological polar surface area (TPSA) is 101 Å². The summed E-state index contributed by atoms with van der Waals surface area (Å²) in [5.74, 6) is -0.0170. The Hall–Kier alpha value is -2.39. The van der Waals surface area contributed by atoms with Crippen LogP contribution in [0.1, 0.15) is 5.56 Å². The zero-order valence-corrected chi connectivity index (χ0v) is 9.61. The summed E-state index contributed by atoms with van der Waals surface area (Å²) in [4.78, 5) is 8.12. The van der Waals surface area contributed by atoms with E-state index in [-0.39, 0.29) is 5.96 Å². The molecule has 0 bridgehead atoms. The maximum Gasteiger partial charge on any atom is 0.212 e. The van der Waals surface area contributed by atoms with E-state index in [2.05, 4.69) is 16.0 Å². The second-order valence-corrected chi connectivity index (χ2v) is 4.08. The van der Waals surface area contributed by atoms with Crippen molar-refractivity contribution in [3.05, 3.63) is 35.2 Å². The van der Waals surface area contributed by atoms with Crippen LogP contribution in [-0.4, -0.2) is 10.9 Å². The highest BCUT2D eigenvalue weighted by Crippen LogP contribution is 2.26. The summed E-state index contributed by atoms with van der Waals surface area (Å²) in [6.07, 6.45) is 0. The third-order valence-corrected chi connectivity index (χ3v) is 2.74. The normalized spacial score (nSPS) is 9.59. The van der Waals surface area contributed by atoms with Crippen molar-refractivity contribution in [2.45, 2.75) is 0 Å². The number of thiazole rings is 1. The van der Waals surface area contributed by atoms with Gasteiger partial charge in [-0.25, -0.2) is 4.98 Å². The van der Waals surface area contributed by atoms with Crippen molar-refractivity contribution in [1.29, 1.82) is 5.26 Å². The van der Waals surface area contributed by atoms with Crippen molar-refractivity contribution in [3.8, 4) is 17.3 Å². The first-order chi connectivity index (χ1) is 8.19. The fourth-order valence-corrected chi connectivity index (χ4v) is 2.02. The van der Waals surface area contributed by atoms with Crippen LogP contribution >= 0.6 is 11.3 Å². The average molecular weight is 243 g/mol. The molecule has 0 spiro atoms. The number of aromatic nitrogens is 1. The highest BCUT2D eigenvalue weighted by Gasteiger charge is 2.04. The molecule has 2 aromatic rings. The summed E-state index contributed by atoms with van der Waals surface area (Å²) in [6.45, 7) is 0. The molecule has 6 heteroatoms. The second-order valence-electron chi connectivity index (χ2n) is 3.24. The van der Waals surface area contributed by atoms with Gasteiger partial charge >= 0.3 is 0 Å². The fraction of sp³-hybridized carbons (Fsp3) is 0. The van der Waals surface area contributed by atoms with Crippen LogP contribution in [0.3, 0.4) is 0 Å². The van der Waals surface area contributed by atoms with Crippen LogP contribution in [0.5, 0.6) is 0 Å². The number of hydrogen-bond acceptors (Lipinski definition) is 4. The number of benzene rings is 1. The van der Waals surface area contributed by atoms with Crippen molar-refractivity contribution in [2.24, 2.45) is 16.5 Å². The molecule has 0 fully saturated rings. The van der Waals surface area contributed by atoms with E-state index >= 15 is 0 Å². The van der Waals surface area contributed by atoms with Gasteiger partial charge in [0, 0.05) is 10.9 Å². The molecule has 0 radical (unpaired) electrons. The minimum Gasteiger partial charge on any atom is -0.370 e. The summed E-state index contributed by atoms with van der Waals surface area (Å²) in [5, 5.41) is 11.2. The summed E-state index contributed by atoms with van der Waals surface area (Å²) < 4.78 is 0. The minimum atomic E-state index is -0.0170. The Morgan fingerprint density at radius 3 is 2.94 bits per heavy atom. The third kappa shape index (κ3) is 2.59. The molecule has 0 unspecified atom stereocenters. The van der Waals surface area contributed by atoms with E-state index < -0.39 is 0 Å². The molecule has 5 nitrogen and oxygen atoms in total. The second kappa shape index (κ2) is 4.63. The zero-order valence-electron chi connectivity index (χ0n) is 8.79. The number of nitrogens with zero attached hydrogens (tertiary/aromatic N) is 3. The Labute approximate surface area is 102 Å². The number of nitriles is 1. The largest absolute Gasteiger partial charge is 0.370 e. The lowest BCUT2D eigenvalue weighted by Crippen LogP contribution is -2.21. The van der Waals surface area contributed by atoms with Crippen molar-refractivity contribution >= 4 is 22.4 Å². The minimum absolute atomic E-state index is 0.0170.